The Morgan fingerprint density at radius 1 is 1.33 bits per heavy atom. The molecule has 1 saturated carbocycles. The second-order valence-corrected chi connectivity index (χ2v) is 6.68. The summed E-state index contributed by atoms with van der Waals surface area (Å²) in [5.41, 5.74) is 2.18. The molecule has 1 aliphatic heterocycles. The Balaban J connectivity index is 1.56. The molecule has 2 aliphatic rings. The lowest BCUT2D eigenvalue weighted by Crippen LogP contribution is -2.27. The number of rotatable bonds is 4. The zero-order valence-electron chi connectivity index (χ0n) is 13.1. The molecule has 3 heteroatoms. The molecule has 0 bridgehead atoms. The van der Waals surface area contributed by atoms with Crippen molar-refractivity contribution in [3.8, 4) is 5.75 Å². The second-order valence-electron chi connectivity index (χ2n) is 6.68. The van der Waals surface area contributed by atoms with E-state index in [0.29, 0.717) is 6.61 Å². The van der Waals surface area contributed by atoms with Crippen LogP contribution in [0, 0.1) is 6.92 Å². The van der Waals surface area contributed by atoms with E-state index in [4.69, 9.17) is 9.47 Å². The highest BCUT2D eigenvalue weighted by Crippen LogP contribution is 2.43. The molecular formula is C18H26O3. The van der Waals surface area contributed by atoms with Crippen LogP contribution >= 0.6 is 0 Å². The van der Waals surface area contributed by atoms with Crippen molar-refractivity contribution < 1.29 is 14.6 Å². The van der Waals surface area contributed by atoms with Gasteiger partial charge in [0.25, 0.3) is 0 Å². The number of aryl methyl sites for hydroxylation is 1. The first kappa shape index (κ1) is 14.9. The zero-order valence-corrected chi connectivity index (χ0v) is 13.1. The van der Waals surface area contributed by atoms with Crippen LogP contribution in [0.2, 0.25) is 0 Å². The monoisotopic (exact) mass is 290 g/mol. The average molecular weight is 290 g/mol. The van der Waals surface area contributed by atoms with Crippen molar-refractivity contribution in [2.45, 2.75) is 70.2 Å². The van der Waals surface area contributed by atoms with Gasteiger partial charge in [-0.3, -0.25) is 0 Å². The first-order valence-electron chi connectivity index (χ1n) is 8.17. The number of hydrogen-bond donors (Lipinski definition) is 1. The fraction of sp³-hybridized carbons (Fsp3) is 0.667. The number of aliphatic hydroxyl groups excluding tert-OH is 1. The van der Waals surface area contributed by atoms with E-state index in [1.807, 2.05) is 25.1 Å². The summed E-state index contributed by atoms with van der Waals surface area (Å²) in [7, 11) is 0. The summed E-state index contributed by atoms with van der Waals surface area (Å²) in [5, 5.41) is 9.60. The maximum atomic E-state index is 9.60. The van der Waals surface area contributed by atoms with E-state index in [0.717, 1.165) is 23.3 Å². The third-order valence-corrected chi connectivity index (χ3v) is 4.96. The van der Waals surface area contributed by atoms with Gasteiger partial charge in [-0.15, -0.1) is 0 Å². The minimum Gasteiger partial charge on any atom is -0.491 e. The van der Waals surface area contributed by atoms with Gasteiger partial charge in [0, 0.05) is 0 Å². The van der Waals surface area contributed by atoms with E-state index in [-0.39, 0.29) is 11.7 Å². The molecule has 3 rings (SSSR count). The smallest absolute Gasteiger partial charge is 0.122 e. The van der Waals surface area contributed by atoms with Gasteiger partial charge in [0.15, 0.2) is 0 Å². The fourth-order valence-corrected chi connectivity index (χ4v) is 3.68. The average Bonchev–Trinajstić information content (AvgIpc) is 3.08. The second kappa shape index (κ2) is 5.98. The van der Waals surface area contributed by atoms with E-state index >= 15 is 0 Å². The summed E-state index contributed by atoms with van der Waals surface area (Å²) in [4.78, 5) is 0. The highest BCUT2D eigenvalue weighted by atomic mass is 16.6. The summed E-state index contributed by atoms with van der Waals surface area (Å²) < 4.78 is 12.2. The summed E-state index contributed by atoms with van der Waals surface area (Å²) >= 11 is 0. The van der Waals surface area contributed by atoms with Gasteiger partial charge in [0.05, 0.1) is 17.8 Å². The molecular weight excluding hydrogens is 264 g/mol. The van der Waals surface area contributed by atoms with Crippen molar-refractivity contribution in [3.05, 3.63) is 29.3 Å². The molecule has 0 aromatic heterocycles. The van der Waals surface area contributed by atoms with Gasteiger partial charge in [0.2, 0.25) is 0 Å². The summed E-state index contributed by atoms with van der Waals surface area (Å²) in [6.07, 6.45) is 7.20. The molecule has 3 nitrogen and oxygen atoms in total. The summed E-state index contributed by atoms with van der Waals surface area (Å²) in [6, 6.07) is 5.88. The molecule has 21 heavy (non-hydrogen) atoms. The maximum Gasteiger partial charge on any atom is 0.122 e. The van der Waals surface area contributed by atoms with Gasteiger partial charge in [-0.05, 0) is 62.8 Å². The van der Waals surface area contributed by atoms with Crippen molar-refractivity contribution in [1.29, 1.82) is 0 Å². The molecule has 1 spiro atoms. The molecule has 116 valence electrons. The predicted molar refractivity (Wildman–Crippen MR) is 82.6 cm³/mol. The van der Waals surface area contributed by atoms with Crippen molar-refractivity contribution >= 4 is 0 Å². The molecule has 0 amide bonds. The molecule has 2 fully saturated rings. The highest BCUT2D eigenvalue weighted by molar-refractivity contribution is 5.36. The molecule has 1 aromatic carbocycles. The van der Waals surface area contributed by atoms with Crippen molar-refractivity contribution in [2.24, 2.45) is 0 Å². The Bertz CT molecular complexity index is 489. The number of aliphatic hydroxyl groups is 1. The molecule has 1 unspecified atom stereocenters. The van der Waals surface area contributed by atoms with Crippen molar-refractivity contribution in [3.63, 3.8) is 0 Å². The first-order valence-corrected chi connectivity index (χ1v) is 8.17. The molecule has 0 radical (unpaired) electrons. The van der Waals surface area contributed by atoms with Gasteiger partial charge in [-0.25, -0.2) is 0 Å². The first-order chi connectivity index (χ1) is 10.1. The Morgan fingerprint density at radius 3 is 2.76 bits per heavy atom. The number of hydrogen-bond acceptors (Lipinski definition) is 3. The SMILES string of the molecule is Cc1cc([C@H](C)O)ccc1OCC1CCC2(CCCC2)O1. The van der Waals surface area contributed by atoms with Crippen LogP contribution in [0.25, 0.3) is 0 Å². The van der Waals surface area contributed by atoms with E-state index in [1.54, 1.807) is 6.92 Å². The lowest BCUT2D eigenvalue weighted by atomic mass is 9.98. The molecule has 1 N–H and O–H groups in total. The fourth-order valence-electron chi connectivity index (χ4n) is 3.68. The predicted octanol–water partition coefficient (Wildman–Crippen LogP) is 3.92. The Labute approximate surface area is 127 Å². The topological polar surface area (TPSA) is 38.7 Å². The molecule has 1 heterocycles. The zero-order chi connectivity index (χ0) is 14.9. The summed E-state index contributed by atoms with van der Waals surface area (Å²) in [6.45, 7) is 4.44. The minimum atomic E-state index is -0.432. The molecule has 2 atom stereocenters. The highest BCUT2D eigenvalue weighted by Gasteiger charge is 2.42. The standard InChI is InChI=1S/C18H26O3/c1-13-11-15(14(2)19)5-6-17(13)20-12-16-7-10-18(21-16)8-3-4-9-18/h5-6,11,14,16,19H,3-4,7-10,12H2,1-2H3/t14-,16?/m0/s1. The van der Waals surface area contributed by atoms with Gasteiger partial charge in [-0.1, -0.05) is 18.9 Å². The van der Waals surface area contributed by atoms with E-state index < -0.39 is 6.10 Å². The van der Waals surface area contributed by atoms with Crippen LogP contribution in [0.1, 0.15) is 62.7 Å². The Hall–Kier alpha value is -1.06. The van der Waals surface area contributed by atoms with Gasteiger partial charge in [-0.2, -0.15) is 0 Å². The van der Waals surface area contributed by atoms with Crippen LogP contribution in [0.15, 0.2) is 18.2 Å². The van der Waals surface area contributed by atoms with Crippen LogP contribution in [0.3, 0.4) is 0 Å². The number of ether oxygens (including phenoxy) is 2. The quantitative estimate of drug-likeness (QED) is 0.913. The van der Waals surface area contributed by atoms with Crippen molar-refractivity contribution in [2.75, 3.05) is 6.61 Å². The molecule has 1 aliphatic carbocycles. The Morgan fingerprint density at radius 2 is 2.10 bits per heavy atom. The minimum absolute atomic E-state index is 0.180. The lowest BCUT2D eigenvalue weighted by molar-refractivity contribution is -0.0509. The third kappa shape index (κ3) is 3.24. The van der Waals surface area contributed by atoms with Gasteiger partial charge >= 0.3 is 0 Å². The van der Waals surface area contributed by atoms with Crippen LogP contribution in [-0.2, 0) is 4.74 Å². The maximum absolute atomic E-state index is 9.60. The van der Waals surface area contributed by atoms with Crippen LogP contribution in [0.5, 0.6) is 5.75 Å². The van der Waals surface area contributed by atoms with E-state index in [2.05, 4.69) is 0 Å². The van der Waals surface area contributed by atoms with E-state index in [1.165, 1.54) is 32.1 Å². The van der Waals surface area contributed by atoms with Crippen LogP contribution < -0.4 is 4.74 Å². The molecule has 1 aromatic rings. The normalized spacial score (nSPS) is 25.4. The van der Waals surface area contributed by atoms with Crippen LogP contribution in [0.4, 0.5) is 0 Å². The molecule has 1 saturated heterocycles. The van der Waals surface area contributed by atoms with Gasteiger partial charge < -0.3 is 14.6 Å². The van der Waals surface area contributed by atoms with Gasteiger partial charge in [0.1, 0.15) is 12.4 Å². The Kier molecular flexibility index (Phi) is 4.23. The van der Waals surface area contributed by atoms with Crippen molar-refractivity contribution in [1.82, 2.24) is 0 Å². The largest absolute Gasteiger partial charge is 0.491 e. The number of benzene rings is 1. The third-order valence-electron chi connectivity index (χ3n) is 4.96. The summed E-state index contributed by atoms with van der Waals surface area (Å²) in [5.74, 6) is 0.898. The van der Waals surface area contributed by atoms with Crippen LogP contribution in [-0.4, -0.2) is 23.4 Å². The van der Waals surface area contributed by atoms with E-state index in [9.17, 15) is 5.11 Å². The lowest BCUT2D eigenvalue weighted by Gasteiger charge is -2.24.